The second kappa shape index (κ2) is 6.57. The number of aromatic nitrogens is 2. The Kier molecular flexibility index (Phi) is 4.68. The van der Waals surface area contributed by atoms with Gasteiger partial charge < -0.3 is 14.2 Å². The van der Waals surface area contributed by atoms with Crippen LogP contribution in [0.2, 0.25) is 0 Å². The smallest absolute Gasteiger partial charge is 0.243 e. The van der Waals surface area contributed by atoms with Gasteiger partial charge in [-0.3, -0.25) is 9.69 Å². The van der Waals surface area contributed by atoms with Crippen LogP contribution in [0.25, 0.3) is 0 Å². The molecule has 7 heteroatoms. The van der Waals surface area contributed by atoms with Crippen LogP contribution >= 0.6 is 0 Å². The maximum atomic E-state index is 13.1. The topological polar surface area (TPSA) is 71.7 Å². The molecule has 1 aromatic heterocycles. The van der Waals surface area contributed by atoms with Crippen molar-refractivity contribution < 1.29 is 14.1 Å². The van der Waals surface area contributed by atoms with E-state index in [-0.39, 0.29) is 17.5 Å². The zero-order valence-electron chi connectivity index (χ0n) is 14.2. The zero-order chi connectivity index (χ0) is 16.4. The Morgan fingerprint density at radius 3 is 2.74 bits per heavy atom. The summed E-state index contributed by atoms with van der Waals surface area (Å²) in [7, 11) is 1.60. The highest BCUT2D eigenvalue weighted by atomic mass is 16.5. The standard InChI is InChI=1S/C16H26N4O3/c1-12(2)20-9-5-7-16(15(20)21)6-4-8-19(16)10-14-17-13(11-22-3)18-23-14/h12H,4-11H2,1-3H3. The first-order chi connectivity index (χ1) is 11.1. The molecule has 3 heterocycles. The van der Waals surface area contributed by atoms with Gasteiger partial charge in [0.1, 0.15) is 12.1 Å². The van der Waals surface area contributed by atoms with Crippen molar-refractivity contribution >= 4 is 5.91 Å². The number of hydrogen-bond acceptors (Lipinski definition) is 6. The van der Waals surface area contributed by atoms with Gasteiger partial charge in [0, 0.05) is 19.7 Å². The van der Waals surface area contributed by atoms with E-state index in [2.05, 4.69) is 28.9 Å². The number of amides is 1. The Morgan fingerprint density at radius 2 is 2.04 bits per heavy atom. The lowest BCUT2D eigenvalue weighted by Gasteiger charge is -2.45. The zero-order valence-corrected chi connectivity index (χ0v) is 14.2. The molecule has 2 saturated heterocycles. The molecule has 7 nitrogen and oxygen atoms in total. The molecule has 1 aromatic rings. The molecule has 1 atom stereocenters. The average Bonchev–Trinajstić information content (AvgIpc) is 3.11. The summed E-state index contributed by atoms with van der Waals surface area (Å²) in [5.41, 5.74) is -0.377. The van der Waals surface area contributed by atoms with E-state index in [9.17, 15) is 4.79 Å². The van der Waals surface area contributed by atoms with E-state index < -0.39 is 0 Å². The summed E-state index contributed by atoms with van der Waals surface area (Å²) in [6.07, 6.45) is 3.94. The predicted molar refractivity (Wildman–Crippen MR) is 83.5 cm³/mol. The molecule has 1 amide bonds. The number of rotatable bonds is 5. The summed E-state index contributed by atoms with van der Waals surface area (Å²) >= 11 is 0. The normalized spacial score (nSPS) is 25.9. The Balaban J connectivity index is 1.77. The molecule has 0 bridgehead atoms. The number of piperidine rings is 1. The van der Waals surface area contributed by atoms with Crippen LogP contribution in [0.5, 0.6) is 0 Å². The number of nitrogens with zero attached hydrogens (tertiary/aromatic N) is 4. The minimum Gasteiger partial charge on any atom is -0.377 e. The Morgan fingerprint density at radius 1 is 1.30 bits per heavy atom. The van der Waals surface area contributed by atoms with Crippen molar-refractivity contribution in [3.63, 3.8) is 0 Å². The quantitative estimate of drug-likeness (QED) is 0.819. The lowest BCUT2D eigenvalue weighted by atomic mass is 9.84. The first-order valence-electron chi connectivity index (χ1n) is 8.43. The number of carbonyl (C=O) groups excluding carboxylic acids is 1. The van der Waals surface area contributed by atoms with Crippen LogP contribution in [0.15, 0.2) is 4.52 Å². The van der Waals surface area contributed by atoms with E-state index in [1.165, 1.54) is 0 Å². The number of hydrogen-bond donors (Lipinski definition) is 0. The largest absolute Gasteiger partial charge is 0.377 e. The Hall–Kier alpha value is -1.47. The van der Waals surface area contributed by atoms with Gasteiger partial charge in [0.2, 0.25) is 11.8 Å². The number of carbonyl (C=O) groups is 1. The van der Waals surface area contributed by atoms with Crippen LogP contribution in [0.1, 0.15) is 51.2 Å². The molecule has 23 heavy (non-hydrogen) atoms. The van der Waals surface area contributed by atoms with Crippen molar-refractivity contribution in [1.82, 2.24) is 19.9 Å². The highest BCUT2D eigenvalue weighted by molar-refractivity contribution is 5.87. The monoisotopic (exact) mass is 322 g/mol. The maximum absolute atomic E-state index is 13.1. The third-order valence-corrected chi connectivity index (χ3v) is 5.01. The van der Waals surface area contributed by atoms with Crippen molar-refractivity contribution in [2.75, 3.05) is 20.2 Å². The number of likely N-dealkylation sites (tertiary alicyclic amines) is 2. The third kappa shape index (κ3) is 2.99. The molecule has 0 aliphatic carbocycles. The van der Waals surface area contributed by atoms with Gasteiger partial charge in [0.15, 0.2) is 5.82 Å². The molecular weight excluding hydrogens is 296 g/mol. The highest BCUT2D eigenvalue weighted by Crippen LogP contribution is 2.39. The minimum atomic E-state index is -0.377. The SMILES string of the molecule is COCc1noc(CN2CCCC23CCCN(C(C)C)C3=O)n1. The van der Waals surface area contributed by atoms with Crippen LogP contribution in [0, 0.1) is 0 Å². The van der Waals surface area contributed by atoms with Gasteiger partial charge in [-0.1, -0.05) is 5.16 Å². The molecular formula is C16H26N4O3. The predicted octanol–water partition coefficient (Wildman–Crippen LogP) is 1.58. The van der Waals surface area contributed by atoms with E-state index >= 15 is 0 Å². The van der Waals surface area contributed by atoms with E-state index in [1.807, 2.05) is 4.90 Å². The molecule has 2 aliphatic heterocycles. The second-order valence-corrected chi connectivity index (χ2v) is 6.79. The van der Waals surface area contributed by atoms with Gasteiger partial charge in [0.25, 0.3) is 0 Å². The molecule has 2 aliphatic rings. The van der Waals surface area contributed by atoms with Gasteiger partial charge in [0.05, 0.1) is 6.54 Å². The molecule has 3 rings (SSSR count). The highest BCUT2D eigenvalue weighted by Gasteiger charge is 2.51. The summed E-state index contributed by atoms with van der Waals surface area (Å²) in [5.74, 6) is 1.38. The fraction of sp³-hybridized carbons (Fsp3) is 0.812. The molecule has 0 aromatic carbocycles. The molecule has 0 radical (unpaired) electrons. The summed E-state index contributed by atoms with van der Waals surface area (Å²) in [5, 5.41) is 3.91. The molecule has 128 valence electrons. The van der Waals surface area contributed by atoms with Crippen molar-refractivity contribution in [2.45, 2.75) is 64.3 Å². The maximum Gasteiger partial charge on any atom is 0.243 e. The van der Waals surface area contributed by atoms with Crippen LogP contribution in [0.3, 0.4) is 0 Å². The van der Waals surface area contributed by atoms with Crippen molar-refractivity contribution in [3.8, 4) is 0 Å². The number of ether oxygens (including phenoxy) is 1. The first-order valence-corrected chi connectivity index (χ1v) is 8.43. The summed E-state index contributed by atoms with van der Waals surface area (Å²) in [6.45, 7) is 6.82. The number of methoxy groups -OCH3 is 1. The van der Waals surface area contributed by atoms with Crippen molar-refractivity contribution in [2.24, 2.45) is 0 Å². The van der Waals surface area contributed by atoms with Crippen LogP contribution in [0.4, 0.5) is 0 Å². The molecule has 0 saturated carbocycles. The Bertz CT molecular complexity index is 559. The molecule has 1 spiro atoms. The molecule has 0 N–H and O–H groups in total. The summed E-state index contributed by atoms with van der Waals surface area (Å²) in [6, 6.07) is 0.249. The molecule has 2 fully saturated rings. The van der Waals surface area contributed by atoms with Gasteiger partial charge >= 0.3 is 0 Å². The van der Waals surface area contributed by atoms with E-state index in [4.69, 9.17) is 9.26 Å². The van der Waals surface area contributed by atoms with E-state index in [0.29, 0.717) is 24.9 Å². The second-order valence-electron chi connectivity index (χ2n) is 6.79. The molecule has 1 unspecified atom stereocenters. The lowest BCUT2D eigenvalue weighted by Crippen LogP contribution is -2.61. The van der Waals surface area contributed by atoms with Gasteiger partial charge in [-0.2, -0.15) is 4.98 Å². The van der Waals surface area contributed by atoms with E-state index in [0.717, 1.165) is 38.8 Å². The van der Waals surface area contributed by atoms with Gasteiger partial charge in [-0.25, -0.2) is 0 Å². The van der Waals surface area contributed by atoms with Crippen LogP contribution in [-0.2, 0) is 22.7 Å². The Labute approximate surface area is 137 Å². The minimum absolute atomic E-state index is 0.249. The van der Waals surface area contributed by atoms with Gasteiger partial charge in [-0.15, -0.1) is 0 Å². The average molecular weight is 322 g/mol. The lowest BCUT2D eigenvalue weighted by molar-refractivity contribution is -0.150. The third-order valence-electron chi connectivity index (χ3n) is 5.01. The van der Waals surface area contributed by atoms with Crippen LogP contribution in [-0.4, -0.2) is 57.6 Å². The van der Waals surface area contributed by atoms with Crippen LogP contribution < -0.4 is 0 Å². The van der Waals surface area contributed by atoms with Gasteiger partial charge in [-0.05, 0) is 46.1 Å². The fourth-order valence-corrected chi connectivity index (χ4v) is 3.91. The summed E-state index contributed by atoms with van der Waals surface area (Å²) < 4.78 is 10.3. The van der Waals surface area contributed by atoms with E-state index in [1.54, 1.807) is 7.11 Å². The summed E-state index contributed by atoms with van der Waals surface area (Å²) in [4.78, 5) is 21.7. The fourth-order valence-electron chi connectivity index (χ4n) is 3.91. The van der Waals surface area contributed by atoms with Crippen molar-refractivity contribution in [1.29, 1.82) is 0 Å². The van der Waals surface area contributed by atoms with Crippen molar-refractivity contribution in [3.05, 3.63) is 11.7 Å². The first kappa shape index (κ1) is 16.4.